The summed E-state index contributed by atoms with van der Waals surface area (Å²) in [5.41, 5.74) is 8.76. The molecule has 0 aliphatic rings. The molecular weight excluding hydrogens is 302 g/mol. The van der Waals surface area contributed by atoms with E-state index >= 15 is 0 Å². The largest absolute Gasteiger partial charge is 0.324 e. The first-order chi connectivity index (χ1) is 7.99. The lowest BCUT2D eigenvalue weighted by Gasteiger charge is -2.13. The van der Waals surface area contributed by atoms with Gasteiger partial charge in [-0.25, -0.2) is 4.68 Å². The van der Waals surface area contributed by atoms with Crippen LogP contribution in [0.25, 0.3) is 5.69 Å². The van der Waals surface area contributed by atoms with Crippen LogP contribution < -0.4 is 5.73 Å². The first kappa shape index (κ1) is 12.6. The second-order valence-electron chi connectivity index (χ2n) is 4.00. The van der Waals surface area contributed by atoms with E-state index in [9.17, 15) is 0 Å². The van der Waals surface area contributed by atoms with Crippen molar-refractivity contribution in [1.29, 1.82) is 0 Å². The molecule has 1 heterocycles. The van der Waals surface area contributed by atoms with E-state index in [2.05, 4.69) is 21.0 Å². The molecule has 0 saturated carbocycles. The summed E-state index contributed by atoms with van der Waals surface area (Å²) in [5.74, 6) is 0. The highest BCUT2D eigenvalue weighted by Gasteiger charge is 2.11. The second-order valence-corrected chi connectivity index (χ2v) is 5.32. The molecule has 0 aliphatic carbocycles. The van der Waals surface area contributed by atoms with Gasteiger partial charge in [0.1, 0.15) is 0 Å². The van der Waals surface area contributed by atoms with Crippen LogP contribution in [0, 0.1) is 6.92 Å². The van der Waals surface area contributed by atoms with Crippen LogP contribution >= 0.6 is 27.5 Å². The average molecular weight is 315 g/mol. The van der Waals surface area contributed by atoms with E-state index in [0.29, 0.717) is 5.02 Å². The summed E-state index contributed by atoms with van der Waals surface area (Å²) in [6.07, 6.45) is 1.80. The molecule has 2 rings (SSSR count). The summed E-state index contributed by atoms with van der Waals surface area (Å²) in [5, 5.41) is 5.02. The van der Waals surface area contributed by atoms with E-state index in [1.165, 1.54) is 0 Å². The highest BCUT2D eigenvalue weighted by Crippen LogP contribution is 2.25. The standard InChI is InChI=1S/C12H13BrClN3/c1-7(15)10-5-9(13)3-4-12(10)17-6-11(14)8(2)16-17/h3-7H,15H2,1-2H3. The molecule has 1 atom stereocenters. The van der Waals surface area contributed by atoms with Crippen molar-refractivity contribution in [2.45, 2.75) is 19.9 Å². The van der Waals surface area contributed by atoms with Crippen molar-refractivity contribution in [2.24, 2.45) is 5.73 Å². The zero-order valence-electron chi connectivity index (χ0n) is 9.61. The number of rotatable bonds is 2. The van der Waals surface area contributed by atoms with Crippen LogP contribution in [0.5, 0.6) is 0 Å². The number of hydrogen-bond donors (Lipinski definition) is 1. The van der Waals surface area contributed by atoms with Gasteiger partial charge in [0, 0.05) is 16.7 Å². The number of benzene rings is 1. The van der Waals surface area contributed by atoms with E-state index in [-0.39, 0.29) is 6.04 Å². The van der Waals surface area contributed by atoms with Gasteiger partial charge in [-0.15, -0.1) is 0 Å². The summed E-state index contributed by atoms with van der Waals surface area (Å²) in [6.45, 7) is 3.83. The molecule has 2 N–H and O–H groups in total. The van der Waals surface area contributed by atoms with Gasteiger partial charge in [0.2, 0.25) is 0 Å². The Hall–Kier alpha value is -0.840. The minimum Gasteiger partial charge on any atom is -0.324 e. The van der Waals surface area contributed by atoms with Crippen molar-refractivity contribution in [1.82, 2.24) is 9.78 Å². The predicted octanol–water partition coefficient (Wildman–Crippen LogP) is 3.62. The normalized spacial score (nSPS) is 12.8. The number of hydrogen-bond acceptors (Lipinski definition) is 2. The lowest BCUT2D eigenvalue weighted by Crippen LogP contribution is -2.10. The molecule has 0 fully saturated rings. The molecule has 0 aliphatic heterocycles. The molecule has 5 heteroatoms. The molecule has 0 saturated heterocycles. The van der Waals surface area contributed by atoms with E-state index in [1.807, 2.05) is 32.0 Å². The Morgan fingerprint density at radius 1 is 1.47 bits per heavy atom. The van der Waals surface area contributed by atoms with Crippen LogP contribution in [0.3, 0.4) is 0 Å². The average Bonchev–Trinajstić information content (AvgIpc) is 2.59. The van der Waals surface area contributed by atoms with Gasteiger partial charge in [-0.2, -0.15) is 5.10 Å². The summed E-state index contributed by atoms with van der Waals surface area (Å²) >= 11 is 9.46. The molecule has 0 bridgehead atoms. The van der Waals surface area contributed by atoms with Crippen LogP contribution in [-0.2, 0) is 0 Å². The fraction of sp³-hybridized carbons (Fsp3) is 0.250. The van der Waals surface area contributed by atoms with Gasteiger partial charge in [0.15, 0.2) is 0 Å². The Morgan fingerprint density at radius 2 is 2.18 bits per heavy atom. The van der Waals surface area contributed by atoms with Crippen molar-refractivity contribution < 1.29 is 0 Å². The monoisotopic (exact) mass is 313 g/mol. The maximum absolute atomic E-state index is 6.02. The fourth-order valence-corrected chi connectivity index (χ4v) is 2.17. The van der Waals surface area contributed by atoms with E-state index in [0.717, 1.165) is 21.4 Å². The third-order valence-corrected chi connectivity index (χ3v) is 3.43. The lowest BCUT2D eigenvalue weighted by molar-refractivity contribution is 0.776. The maximum atomic E-state index is 6.02. The second kappa shape index (κ2) is 4.80. The lowest BCUT2D eigenvalue weighted by atomic mass is 10.1. The van der Waals surface area contributed by atoms with Gasteiger partial charge in [0.25, 0.3) is 0 Å². The van der Waals surface area contributed by atoms with Gasteiger partial charge in [-0.3, -0.25) is 0 Å². The Morgan fingerprint density at radius 3 is 2.71 bits per heavy atom. The van der Waals surface area contributed by atoms with Gasteiger partial charge >= 0.3 is 0 Å². The molecule has 3 nitrogen and oxygen atoms in total. The quantitative estimate of drug-likeness (QED) is 0.920. The number of aryl methyl sites for hydroxylation is 1. The smallest absolute Gasteiger partial charge is 0.0819 e. The molecule has 0 radical (unpaired) electrons. The van der Waals surface area contributed by atoms with Gasteiger partial charge < -0.3 is 5.73 Å². The van der Waals surface area contributed by atoms with Crippen molar-refractivity contribution in [3.05, 3.63) is 45.1 Å². The number of aromatic nitrogens is 2. The van der Waals surface area contributed by atoms with Crippen molar-refractivity contribution in [3.63, 3.8) is 0 Å². The highest BCUT2D eigenvalue weighted by atomic mass is 79.9. The Kier molecular flexibility index (Phi) is 3.56. The van der Waals surface area contributed by atoms with Crippen LogP contribution in [0.4, 0.5) is 0 Å². The molecule has 0 spiro atoms. The zero-order chi connectivity index (χ0) is 12.6. The number of halogens is 2. The van der Waals surface area contributed by atoms with Gasteiger partial charge in [-0.05, 0) is 37.6 Å². The molecule has 1 unspecified atom stereocenters. The highest BCUT2D eigenvalue weighted by molar-refractivity contribution is 9.10. The Balaban J connectivity index is 2.58. The first-order valence-corrected chi connectivity index (χ1v) is 6.43. The van der Waals surface area contributed by atoms with Crippen LogP contribution in [0.15, 0.2) is 28.9 Å². The number of nitrogens with zero attached hydrogens (tertiary/aromatic N) is 2. The molecule has 17 heavy (non-hydrogen) atoms. The molecule has 2 aromatic rings. The fourth-order valence-electron chi connectivity index (χ4n) is 1.66. The van der Waals surface area contributed by atoms with Crippen molar-refractivity contribution in [2.75, 3.05) is 0 Å². The van der Waals surface area contributed by atoms with Crippen molar-refractivity contribution in [3.8, 4) is 5.69 Å². The minimum absolute atomic E-state index is 0.0641. The number of nitrogens with two attached hydrogens (primary N) is 1. The third-order valence-electron chi connectivity index (χ3n) is 2.57. The summed E-state index contributed by atoms with van der Waals surface area (Å²) in [6, 6.07) is 5.88. The van der Waals surface area contributed by atoms with E-state index in [4.69, 9.17) is 17.3 Å². The maximum Gasteiger partial charge on any atom is 0.0819 e. The molecule has 1 aromatic carbocycles. The first-order valence-electron chi connectivity index (χ1n) is 5.26. The Labute approximate surface area is 114 Å². The zero-order valence-corrected chi connectivity index (χ0v) is 12.0. The van der Waals surface area contributed by atoms with E-state index in [1.54, 1.807) is 10.9 Å². The van der Waals surface area contributed by atoms with Crippen LogP contribution in [-0.4, -0.2) is 9.78 Å². The van der Waals surface area contributed by atoms with Gasteiger partial charge in [-0.1, -0.05) is 27.5 Å². The minimum atomic E-state index is -0.0641. The van der Waals surface area contributed by atoms with Crippen LogP contribution in [0.1, 0.15) is 24.2 Å². The molecule has 1 aromatic heterocycles. The van der Waals surface area contributed by atoms with Crippen molar-refractivity contribution >= 4 is 27.5 Å². The Bertz CT molecular complexity index is 529. The third kappa shape index (κ3) is 2.54. The molecular formula is C12H13BrClN3. The van der Waals surface area contributed by atoms with Crippen LogP contribution in [0.2, 0.25) is 5.02 Å². The summed E-state index contributed by atoms with van der Waals surface area (Å²) < 4.78 is 2.77. The molecule has 0 amide bonds. The SMILES string of the molecule is Cc1nn(-c2ccc(Br)cc2C(C)N)cc1Cl. The molecule has 90 valence electrons. The summed E-state index contributed by atoms with van der Waals surface area (Å²) in [4.78, 5) is 0. The van der Waals surface area contributed by atoms with Gasteiger partial charge in [0.05, 0.1) is 16.4 Å². The predicted molar refractivity (Wildman–Crippen MR) is 73.6 cm³/mol. The van der Waals surface area contributed by atoms with E-state index < -0.39 is 0 Å². The summed E-state index contributed by atoms with van der Waals surface area (Å²) in [7, 11) is 0. The topological polar surface area (TPSA) is 43.8 Å².